The van der Waals surface area contributed by atoms with Crippen LogP contribution in [0.15, 0.2) is 30.5 Å². The number of fused-ring (bicyclic) bond motifs is 3. The molecular formula is C13H13N3O. The molecule has 0 atom stereocenters. The van der Waals surface area contributed by atoms with Gasteiger partial charge in [-0.25, -0.2) is 4.68 Å². The Labute approximate surface area is 99.5 Å². The summed E-state index contributed by atoms with van der Waals surface area (Å²) in [7, 11) is 1.81. The Morgan fingerprint density at radius 2 is 2.12 bits per heavy atom. The van der Waals surface area contributed by atoms with E-state index in [4.69, 9.17) is 0 Å². The highest BCUT2D eigenvalue weighted by Gasteiger charge is 2.23. The average Bonchev–Trinajstić information content (AvgIpc) is 2.75. The minimum atomic E-state index is 0.0105. The smallest absolute Gasteiger partial charge is 0.272 e. The lowest BCUT2D eigenvalue weighted by Crippen LogP contribution is -2.25. The van der Waals surface area contributed by atoms with Crippen molar-refractivity contribution in [3.05, 3.63) is 47.3 Å². The van der Waals surface area contributed by atoms with Crippen LogP contribution in [0.2, 0.25) is 0 Å². The number of aryl methyl sites for hydroxylation is 1. The van der Waals surface area contributed by atoms with E-state index in [1.807, 2.05) is 14.0 Å². The summed E-state index contributed by atoms with van der Waals surface area (Å²) in [6, 6.07) is 7.95. The largest absolute Gasteiger partial charge is 0.336 e. The molecule has 2 aromatic rings. The third-order valence-electron chi connectivity index (χ3n) is 3.09. The second kappa shape index (κ2) is 3.45. The minimum Gasteiger partial charge on any atom is -0.336 e. The molecule has 3 rings (SSSR count). The first-order valence-electron chi connectivity index (χ1n) is 5.56. The van der Waals surface area contributed by atoms with E-state index < -0.39 is 0 Å². The van der Waals surface area contributed by atoms with Gasteiger partial charge in [0.2, 0.25) is 0 Å². The molecule has 1 aliphatic rings. The van der Waals surface area contributed by atoms with Crippen molar-refractivity contribution in [3.8, 4) is 5.69 Å². The van der Waals surface area contributed by atoms with Gasteiger partial charge in [0, 0.05) is 13.6 Å². The van der Waals surface area contributed by atoms with Gasteiger partial charge in [0.05, 0.1) is 11.9 Å². The van der Waals surface area contributed by atoms with Gasteiger partial charge >= 0.3 is 0 Å². The quantitative estimate of drug-likeness (QED) is 0.688. The molecule has 86 valence electrons. The number of hydrogen-bond acceptors (Lipinski definition) is 2. The number of carbonyl (C=O) groups is 1. The first-order valence-corrected chi connectivity index (χ1v) is 5.56. The van der Waals surface area contributed by atoms with Crippen molar-refractivity contribution >= 4 is 5.91 Å². The van der Waals surface area contributed by atoms with Crippen molar-refractivity contribution in [1.29, 1.82) is 0 Å². The molecule has 1 aromatic heterocycles. The van der Waals surface area contributed by atoms with Crippen LogP contribution in [0.4, 0.5) is 0 Å². The summed E-state index contributed by atoms with van der Waals surface area (Å²) in [6.07, 6.45) is 1.67. The van der Waals surface area contributed by atoms with Crippen LogP contribution in [0.1, 0.15) is 21.6 Å². The summed E-state index contributed by atoms with van der Waals surface area (Å²) in [5.74, 6) is 0.0105. The predicted molar refractivity (Wildman–Crippen MR) is 64.1 cm³/mol. The minimum absolute atomic E-state index is 0.0105. The van der Waals surface area contributed by atoms with Crippen LogP contribution in [-0.2, 0) is 6.54 Å². The van der Waals surface area contributed by atoms with Crippen molar-refractivity contribution in [2.75, 3.05) is 7.05 Å². The number of hydrogen-bond donors (Lipinski definition) is 0. The third kappa shape index (κ3) is 1.45. The molecule has 4 heteroatoms. The van der Waals surface area contributed by atoms with Crippen LogP contribution < -0.4 is 0 Å². The van der Waals surface area contributed by atoms with Gasteiger partial charge in [-0.05, 0) is 30.2 Å². The number of benzene rings is 1. The van der Waals surface area contributed by atoms with Crippen LogP contribution in [0, 0.1) is 6.92 Å². The Hall–Kier alpha value is -2.10. The molecule has 0 spiro atoms. The topological polar surface area (TPSA) is 38.1 Å². The maximum atomic E-state index is 12.1. The molecule has 0 saturated heterocycles. The van der Waals surface area contributed by atoms with E-state index in [-0.39, 0.29) is 5.91 Å². The molecule has 17 heavy (non-hydrogen) atoms. The molecule has 0 N–H and O–H groups in total. The van der Waals surface area contributed by atoms with Crippen molar-refractivity contribution in [2.45, 2.75) is 13.5 Å². The maximum absolute atomic E-state index is 12.1. The van der Waals surface area contributed by atoms with Gasteiger partial charge in [0.15, 0.2) is 0 Å². The van der Waals surface area contributed by atoms with Gasteiger partial charge in [0.1, 0.15) is 5.69 Å². The molecule has 1 amide bonds. The molecule has 0 unspecified atom stereocenters. The van der Waals surface area contributed by atoms with Gasteiger partial charge in [0.25, 0.3) is 5.91 Å². The molecule has 4 nitrogen and oxygen atoms in total. The summed E-state index contributed by atoms with van der Waals surface area (Å²) >= 11 is 0. The molecule has 0 aliphatic carbocycles. The Morgan fingerprint density at radius 1 is 1.29 bits per heavy atom. The van der Waals surface area contributed by atoms with Gasteiger partial charge < -0.3 is 4.90 Å². The standard InChI is InChI=1S/C13H13N3O/c1-9-3-4-10-8-15(2)13(17)11-5-6-14-16(11)12(10)7-9/h3-7H,8H2,1-2H3. The number of amides is 1. The normalized spacial score (nSPS) is 14.2. The number of aromatic nitrogens is 2. The van der Waals surface area contributed by atoms with Crippen LogP contribution in [0.5, 0.6) is 0 Å². The zero-order valence-corrected chi connectivity index (χ0v) is 9.84. The zero-order valence-electron chi connectivity index (χ0n) is 9.84. The lowest BCUT2D eigenvalue weighted by atomic mass is 10.1. The Bertz CT molecular complexity index is 600. The molecule has 2 heterocycles. The second-order valence-corrected chi connectivity index (χ2v) is 4.42. The highest BCUT2D eigenvalue weighted by molar-refractivity contribution is 5.93. The van der Waals surface area contributed by atoms with E-state index in [2.05, 4.69) is 23.3 Å². The fraction of sp³-hybridized carbons (Fsp3) is 0.231. The Balaban J connectivity index is 2.31. The number of carbonyl (C=O) groups excluding carboxylic acids is 1. The van der Waals surface area contributed by atoms with Gasteiger partial charge in [-0.15, -0.1) is 0 Å². The van der Waals surface area contributed by atoms with Gasteiger partial charge in [-0.3, -0.25) is 4.79 Å². The first-order chi connectivity index (χ1) is 8.16. The van der Waals surface area contributed by atoms with Crippen molar-refractivity contribution in [2.24, 2.45) is 0 Å². The molecule has 0 saturated carbocycles. The predicted octanol–water partition coefficient (Wildman–Crippen LogP) is 1.77. The molecule has 0 bridgehead atoms. The van der Waals surface area contributed by atoms with Gasteiger partial charge in [-0.2, -0.15) is 5.10 Å². The van der Waals surface area contributed by atoms with Gasteiger partial charge in [-0.1, -0.05) is 12.1 Å². The van der Waals surface area contributed by atoms with Crippen molar-refractivity contribution < 1.29 is 4.79 Å². The average molecular weight is 227 g/mol. The van der Waals surface area contributed by atoms with E-state index in [0.717, 1.165) is 11.3 Å². The summed E-state index contributed by atoms with van der Waals surface area (Å²) in [6.45, 7) is 2.66. The second-order valence-electron chi connectivity index (χ2n) is 4.42. The van der Waals surface area contributed by atoms with Crippen LogP contribution in [0.3, 0.4) is 0 Å². The van der Waals surface area contributed by atoms with Crippen molar-refractivity contribution in [3.63, 3.8) is 0 Å². The summed E-state index contributed by atoms with van der Waals surface area (Å²) in [5.41, 5.74) is 3.91. The number of nitrogens with zero attached hydrogens (tertiary/aromatic N) is 3. The Kier molecular flexibility index (Phi) is 2.04. The summed E-state index contributed by atoms with van der Waals surface area (Å²) < 4.78 is 1.73. The lowest BCUT2D eigenvalue weighted by molar-refractivity contribution is 0.0781. The third-order valence-corrected chi connectivity index (χ3v) is 3.09. The first kappa shape index (κ1) is 10.1. The number of rotatable bonds is 0. The van der Waals surface area contributed by atoms with E-state index in [1.54, 1.807) is 21.8 Å². The lowest BCUT2D eigenvalue weighted by Gasteiger charge is -2.13. The van der Waals surface area contributed by atoms with E-state index in [1.165, 1.54) is 5.56 Å². The Morgan fingerprint density at radius 3 is 2.94 bits per heavy atom. The monoisotopic (exact) mass is 227 g/mol. The van der Waals surface area contributed by atoms with Crippen LogP contribution in [-0.4, -0.2) is 27.6 Å². The summed E-state index contributed by atoms with van der Waals surface area (Å²) in [5, 5.41) is 4.25. The molecular weight excluding hydrogens is 214 g/mol. The highest BCUT2D eigenvalue weighted by Crippen LogP contribution is 2.23. The van der Waals surface area contributed by atoms with Crippen LogP contribution >= 0.6 is 0 Å². The molecule has 0 radical (unpaired) electrons. The van der Waals surface area contributed by atoms with Crippen LogP contribution in [0.25, 0.3) is 5.69 Å². The van der Waals surface area contributed by atoms with Crippen molar-refractivity contribution in [1.82, 2.24) is 14.7 Å². The fourth-order valence-electron chi connectivity index (χ4n) is 2.18. The molecule has 0 fully saturated rings. The maximum Gasteiger partial charge on any atom is 0.272 e. The highest BCUT2D eigenvalue weighted by atomic mass is 16.2. The SMILES string of the molecule is Cc1ccc2c(c1)-n1nccc1C(=O)N(C)C2. The molecule has 1 aliphatic heterocycles. The van der Waals surface area contributed by atoms with E-state index in [9.17, 15) is 4.79 Å². The van der Waals surface area contributed by atoms with E-state index >= 15 is 0 Å². The molecule has 1 aromatic carbocycles. The zero-order chi connectivity index (χ0) is 12.0. The summed E-state index contributed by atoms with van der Waals surface area (Å²) in [4.78, 5) is 13.8. The fourth-order valence-corrected chi connectivity index (χ4v) is 2.18. The van der Waals surface area contributed by atoms with E-state index in [0.29, 0.717) is 12.2 Å².